The van der Waals surface area contributed by atoms with Gasteiger partial charge in [0.15, 0.2) is 10.3 Å². The van der Waals surface area contributed by atoms with Gasteiger partial charge in [0.2, 0.25) is 10.9 Å². The molecule has 1 aromatic heterocycles. The molecule has 1 unspecified atom stereocenters. The largest absolute Gasteiger partial charge is 0.378 e. The van der Waals surface area contributed by atoms with Crippen molar-refractivity contribution in [2.75, 3.05) is 12.3 Å². The van der Waals surface area contributed by atoms with Crippen LogP contribution < -0.4 is 15.2 Å². The van der Waals surface area contributed by atoms with E-state index in [9.17, 15) is 13.2 Å². The molecular weight excluding hydrogens is 400 g/mol. The second-order valence-corrected chi connectivity index (χ2v) is 8.81. The minimum absolute atomic E-state index is 0.0943. The maximum Gasteiger partial charge on any atom is 0.358 e. The van der Waals surface area contributed by atoms with Gasteiger partial charge in [-0.15, -0.1) is 0 Å². The predicted molar refractivity (Wildman–Crippen MR) is 95.9 cm³/mol. The molecule has 2 aromatic rings. The zero-order chi connectivity index (χ0) is 18.5. The van der Waals surface area contributed by atoms with Gasteiger partial charge in [-0.05, 0) is 29.7 Å². The number of nitrogens with two attached hydrogens (primary N) is 1. The van der Waals surface area contributed by atoms with Crippen LogP contribution in [0.3, 0.4) is 0 Å². The van der Waals surface area contributed by atoms with E-state index >= 15 is 0 Å². The van der Waals surface area contributed by atoms with Crippen molar-refractivity contribution < 1.29 is 17.4 Å². The number of carbonyl (C=O) groups is 1. The molecule has 4 rings (SSSR count). The summed E-state index contributed by atoms with van der Waals surface area (Å²) in [7, 11) is -4.13. The summed E-state index contributed by atoms with van der Waals surface area (Å²) in [5.74, 6) is 0.417. The molecule has 11 heteroatoms. The van der Waals surface area contributed by atoms with Crippen LogP contribution in [0.2, 0.25) is 5.15 Å². The molecule has 0 radical (unpaired) electrons. The van der Waals surface area contributed by atoms with E-state index in [2.05, 4.69) is 10.3 Å². The third-order valence-corrected chi connectivity index (χ3v) is 6.92. The molecule has 2 aliphatic heterocycles. The van der Waals surface area contributed by atoms with Crippen LogP contribution in [0.5, 0.6) is 5.75 Å². The number of rotatable bonds is 4. The lowest BCUT2D eigenvalue weighted by atomic mass is 9.94. The van der Waals surface area contributed by atoms with Crippen molar-refractivity contribution in [3.63, 3.8) is 0 Å². The Balaban J connectivity index is 1.67. The number of carbonyl (C=O) groups excluding carboxylic acids is 1. The van der Waals surface area contributed by atoms with Gasteiger partial charge in [0.1, 0.15) is 11.8 Å². The zero-order valence-corrected chi connectivity index (χ0v) is 15.8. The number of benzene rings is 1. The fourth-order valence-electron chi connectivity index (χ4n) is 3.18. The smallest absolute Gasteiger partial charge is 0.358 e. The Labute approximate surface area is 159 Å². The van der Waals surface area contributed by atoms with E-state index in [1.807, 2.05) is 0 Å². The molecule has 0 saturated carbocycles. The number of thioether (sulfide) groups is 1. The van der Waals surface area contributed by atoms with E-state index in [0.717, 1.165) is 16.9 Å². The molecule has 0 fully saturated rings. The highest BCUT2D eigenvalue weighted by molar-refractivity contribution is 7.99. The number of aromatic nitrogens is 2. The lowest BCUT2D eigenvalue weighted by molar-refractivity contribution is -0.120. The summed E-state index contributed by atoms with van der Waals surface area (Å²) in [6.45, 7) is 1.07. The topological polar surface area (TPSA) is 116 Å². The Morgan fingerprint density at radius 3 is 3.04 bits per heavy atom. The van der Waals surface area contributed by atoms with E-state index in [0.29, 0.717) is 24.7 Å². The van der Waals surface area contributed by atoms with E-state index in [-0.39, 0.29) is 15.9 Å². The van der Waals surface area contributed by atoms with Gasteiger partial charge in [0.25, 0.3) is 0 Å². The third-order valence-electron chi connectivity index (χ3n) is 4.29. The predicted octanol–water partition coefficient (Wildman–Crippen LogP) is 1.08. The summed E-state index contributed by atoms with van der Waals surface area (Å²) in [5, 5.41) is 3.38. The first-order valence-corrected chi connectivity index (χ1v) is 10.6. The molecular formula is C15H15ClN4O4S2. The highest BCUT2D eigenvalue weighted by Crippen LogP contribution is 2.35. The van der Waals surface area contributed by atoms with Crippen LogP contribution in [0.15, 0.2) is 28.4 Å². The number of hydrogen-bond donors (Lipinski definition) is 2. The van der Waals surface area contributed by atoms with E-state index in [1.54, 1.807) is 16.7 Å². The van der Waals surface area contributed by atoms with Crippen molar-refractivity contribution >= 4 is 39.4 Å². The summed E-state index contributed by atoms with van der Waals surface area (Å²) >= 11 is 7.46. The Hall–Kier alpha value is -1.75. The van der Waals surface area contributed by atoms with Crippen LogP contribution in [-0.2, 0) is 27.9 Å². The average Bonchev–Trinajstić information content (AvgIpc) is 3.13. The second kappa shape index (κ2) is 6.45. The van der Waals surface area contributed by atoms with Gasteiger partial charge in [-0.3, -0.25) is 4.79 Å². The zero-order valence-electron chi connectivity index (χ0n) is 13.4. The van der Waals surface area contributed by atoms with Gasteiger partial charge < -0.3 is 19.8 Å². The lowest BCUT2D eigenvalue weighted by Gasteiger charge is -2.24. The minimum Gasteiger partial charge on any atom is -0.378 e. The number of nitrogens with zero attached hydrogens (tertiary/aromatic N) is 2. The van der Waals surface area contributed by atoms with Crippen LogP contribution in [0.4, 0.5) is 0 Å². The molecule has 26 heavy (non-hydrogen) atoms. The number of amides is 1. The van der Waals surface area contributed by atoms with Gasteiger partial charge in [-0.1, -0.05) is 29.4 Å². The number of halogens is 1. The molecule has 0 bridgehead atoms. The van der Waals surface area contributed by atoms with Crippen LogP contribution in [-0.4, -0.2) is 36.2 Å². The summed E-state index contributed by atoms with van der Waals surface area (Å²) in [6, 6.07) is 4.19. The highest BCUT2D eigenvalue weighted by Gasteiger charge is 2.32. The molecule has 1 amide bonds. The fraction of sp³-hybridized carbons (Fsp3) is 0.333. The summed E-state index contributed by atoms with van der Waals surface area (Å²) in [5.41, 5.74) is 6.95. The summed E-state index contributed by atoms with van der Waals surface area (Å²) < 4.78 is 32.3. The quantitative estimate of drug-likeness (QED) is 0.719. The van der Waals surface area contributed by atoms with Gasteiger partial charge in [-0.2, -0.15) is 8.42 Å². The molecule has 0 saturated heterocycles. The number of hydrogen-bond acceptors (Lipinski definition) is 7. The first-order valence-electron chi connectivity index (χ1n) is 7.85. The third kappa shape index (κ3) is 2.96. The SMILES string of the molecule is NC(=O)C1NCCc2cc(OS(=O)(=O)c3c(Cl)nc4n3CCS4)ccc21. The van der Waals surface area contributed by atoms with Crippen LogP contribution in [0.1, 0.15) is 17.2 Å². The molecule has 138 valence electrons. The molecule has 8 nitrogen and oxygen atoms in total. The maximum atomic E-state index is 12.7. The number of primary amides is 1. The van der Waals surface area contributed by atoms with Crippen molar-refractivity contribution in [3.8, 4) is 5.75 Å². The summed E-state index contributed by atoms with van der Waals surface area (Å²) in [6.07, 6.45) is 0.635. The molecule has 0 spiro atoms. The normalized spacial score (nSPS) is 19.0. The Bertz CT molecular complexity index is 1010. The molecule has 1 aromatic carbocycles. The van der Waals surface area contributed by atoms with E-state index < -0.39 is 22.1 Å². The minimum atomic E-state index is -4.13. The Kier molecular flexibility index (Phi) is 4.38. The molecule has 2 aliphatic rings. The lowest BCUT2D eigenvalue weighted by Crippen LogP contribution is -2.38. The number of nitrogens with one attached hydrogen (secondary N) is 1. The van der Waals surface area contributed by atoms with Crippen LogP contribution in [0.25, 0.3) is 0 Å². The van der Waals surface area contributed by atoms with Crippen molar-refractivity contribution in [1.82, 2.24) is 14.9 Å². The monoisotopic (exact) mass is 414 g/mol. The van der Waals surface area contributed by atoms with E-state index in [1.165, 1.54) is 17.8 Å². The number of fused-ring (bicyclic) bond motifs is 2. The van der Waals surface area contributed by atoms with Crippen molar-refractivity contribution in [1.29, 1.82) is 0 Å². The molecule has 3 heterocycles. The first-order chi connectivity index (χ1) is 12.4. The Morgan fingerprint density at radius 2 is 2.27 bits per heavy atom. The van der Waals surface area contributed by atoms with Crippen molar-refractivity contribution in [2.24, 2.45) is 5.73 Å². The molecule has 3 N–H and O–H groups in total. The van der Waals surface area contributed by atoms with Crippen molar-refractivity contribution in [2.45, 2.75) is 29.2 Å². The maximum absolute atomic E-state index is 12.7. The molecule has 1 atom stereocenters. The van der Waals surface area contributed by atoms with E-state index in [4.69, 9.17) is 21.5 Å². The van der Waals surface area contributed by atoms with Crippen LogP contribution >= 0.6 is 23.4 Å². The van der Waals surface area contributed by atoms with Crippen molar-refractivity contribution in [3.05, 3.63) is 34.5 Å². The first kappa shape index (κ1) is 17.7. The second-order valence-electron chi connectivity index (χ2n) is 5.93. The fourth-order valence-corrected chi connectivity index (χ4v) is 5.84. The van der Waals surface area contributed by atoms with Gasteiger partial charge in [0.05, 0.1) is 0 Å². The standard InChI is InChI=1S/C15H15ClN4O4S2/c16-12-14(20-5-6-25-15(20)19-12)26(22,23)24-9-1-2-10-8(7-9)3-4-18-11(10)13(17)21/h1-2,7,11,18H,3-6H2,(H2,17,21). The number of imidazole rings is 1. The van der Waals surface area contributed by atoms with Gasteiger partial charge in [0, 0.05) is 18.8 Å². The highest BCUT2D eigenvalue weighted by atomic mass is 35.5. The van der Waals surface area contributed by atoms with Crippen LogP contribution in [0, 0.1) is 0 Å². The van der Waals surface area contributed by atoms with Gasteiger partial charge in [-0.25, -0.2) is 4.98 Å². The average molecular weight is 415 g/mol. The molecule has 0 aliphatic carbocycles. The Morgan fingerprint density at radius 1 is 1.46 bits per heavy atom. The van der Waals surface area contributed by atoms with Gasteiger partial charge >= 0.3 is 10.1 Å². The summed E-state index contributed by atoms with van der Waals surface area (Å²) in [4.78, 5) is 15.6.